The Hall–Kier alpha value is -3.31. The van der Waals surface area contributed by atoms with Crippen LogP contribution in [0.4, 0.5) is 74.6 Å². The van der Waals surface area contributed by atoms with Gasteiger partial charge in [-0.05, 0) is 59.7 Å². The Kier molecular flexibility index (Phi) is 19.7. The van der Waals surface area contributed by atoms with E-state index in [0.717, 1.165) is 36.0 Å². The van der Waals surface area contributed by atoms with Gasteiger partial charge in [0.1, 0.15) is 36.9 Å². The summed E-state index contributed by atoms with van der Waals surface area (Å²) in [6, 6.07) is 12.5. The molecule has 0 aliphatic carbocycles. The fourth-order valence-electron chi connectivity index (χ4n) is 6.19. The minimum Gasteiger partial charge on any atom is -0.491 e. The zero-order chi connectivity index (χ0) is 48.3. The van der Waals surface area contributed by atoms with Crippen LogP contribution in [0.1, 0.15) is 83.1 Å². The number of halogens is 17. The Morgan fingerprint density at radius 1 is 0.492 bits per heavy atom. The maximum Gasteiger partial charge on any atom is 0.460 e. The van der Waals surface area contributed by atoms with Crippen molar-refractivity contribution in [1.82, 2.24) is 0 Å². The molecule has 2 rings (SSSR count). The summed E-state index contributed by atoms with van der Waals surface area (Å²) in [6.07, 6.45) is -8.94. The normalized spacial score (nSPS) is 15.3. The average Bonchev–Trinajstić information content (AvgIpc) is 3.20. The van der Waals surface area contributed by atoms with Gasteiger partial charge in [0, 0.05) is 6.42 Å². The van der Waals surface area contributed by atoms with Crippen LogP contribution >= 0.6 is 0 Å². The molecular weight excluding hydrogens is 899 g/mol. The standard InChI is InChI=1S/C40H49F17O6/c1-25(19-28-20-27(14-17-32(28)63-24-30(61)22-59)26-12-15-31(16-13-26)62-23-29(60)21-58)11-9-7-5-3-2-4-6-8-10-18-33(41,42)34(43,44)35(45,46)36(47,48)37(49,50)38(51,52)39(53,54)40(55,56)57/h12-17,20,25,29-30,58-61H,2-11,18-19,21-24H2,1H3. The third-order valence-corrected chi connectivity index (χ3v) is 10.1. The van der Waals surface area contributed by atoms with Crippen LogP contribution in [0.2, 0.25) is 0 Å². The number of rotatable bonds is 29. The van der Waals surface area contributed by atoms with Crippen LogP contribution in [0.5, 0.6) is 11.5 Å². The molecule has 0 bridgehead atoms. The molecule has 4 N–H and O–H groups in total. The predicted molar refractivity (Wildman–Crippen MR) is 193 cm³/mol. The molecular formula is C40H49F17O6. The summed E-state index contributed by atoms with van der Waals surface area (Å²) in [5.41, 5.74) is 2.49. The van der Waals surface area contributed by atoms with Crippen molar-refractivity contribution in [3.8, 4) is 22.6 Å². The van der Waals surface area contributed by atoms with Crippen LogP contribution in [-0.4, -0.2) is 107 Å². The monoisotopic (exact) mass is 948 g/mol. The minimum atomic E-state index is -8.62. The Balaban J connectivity index is 1.87. The van der Waals surface area contributed by atoms with Crippen molar-refractivity contribution in [2.24, 2.45) is 5.92 Å². The fraction of sp³-hybridized carbons (Fsp3) is 0.700. The van der Waals surface area contributed by atoms with Gasteiger partial charge in [0.15, 0.2) is 0 Å². The molecule has 0 saturated heterocycles. The van der Waals surface area contributed by atoms with E-state index in [2.05, 4.69) is 0 Å². The molecule has 0 aromatic heterocycles. The molecule has 364 valence electrons. The molecule has 3 atom stereocenters. The van der Waals surface area contributed by atoms with Gasteiger partial charge in [-0.15, -0.1) is 0 Å². The van der Waals surface area contributed by atoms with Crippen LogP contribution in [-0.2, 0) is 6.42 Å². The number of aliphatic hydroxyl groups is 4. The van der Waals surface area contributed by atoms with Crippen LogP contribution in [0, 0.1) is 5.92 Å². The van der Waals surface area contributed by atoms with Crippen LogP contribution in [0.15, 0.2) is 42.5 Å². The number of hydrogen-bond donors (Lipinski definition) is 4. The molecule has 0 aliphatic heterocycles. The van der Waals surface area contributed by atoms with E-state index in [0.29, 0.717) is 37.2 Å². The Morgan fingerprint density at radius 2 is 0.905 bits per heavy atom. The van der Waals surface area contributed by atoms with Crippen molar-refractivity contribution in [1.29, 1.82) is 0 Å². The van der Waals surface area contributed by atoms with Crippen molar-refractivity contribution < 1.29 is 105 Å². The third kappa shape index (κ3) is 13.2. The lowest BCUT2D eigenvalue weighted by Crippen LogP contribution is -2.74. The van der Waals surface area contributed by atoms with Gasteiger partial charge < -0.3 is 29.9 Å². The smallest absolute Gasteiger partial charge is 0.460 e. The second kappa shape index (κ2) is 22.3. The maximum absolute atomic E-state index is 14.1. The molecule has 0 spiro atoms. The highest BCUT2D eigenvalue weighted by Crippen LogP contribution is 2.64. The molecule has 0 radical (unpaired) electrons. The molecule has 0 saturated carbocycles. The van der Waals surface area contributed by atoms with Gasteiger partial charge in [0.05, 0.1) is 13.2 Å². The van der Waals surface area contributed by atoms with E-state index in [1.54, 1.807) is 30.3 Å². The van der Waals surface area contributed by atoms with Crippen molar-refractivity contribution in [2.75, 3.05) is 26.4 Å². The third-order valence-electron chi connectivity index (χ3n) is 10.1. The molecule has 2 aromatic carbocycles. The molecule has 23 heteroatoms. The lowest BCUT2D eigenvalue weighted by molar-refractivity contribution is -0.461. The second-order valence-electron chi connectivity index (χ2n) is 15.3. The summed E-state index contributed by atoms with van der Waals surface area (Å²) in [6.45, 7) is 0.784. The van der Waals surface area contributed by atoms with E-state index in [1.165, 1.54) is 0 Å². The first-order valence-electron chi connectivity index (χ1n) is 19.6. The summed E-state index contributed by atoms with van der Waals surface area (Å²) < 4.78 is 240. The largest absolute Gasteiger partial charge is 0.491 e. The van der Waals surface area contributed by atoms with Gasteiger partial charge in [-0.1, -0.05) is 82.9 Å². The van der Waals surface area contributed by atoms with E-state index >= 15 is 0 Å². The van der Waals surface area contributed by atoms with Crippen molar-refractivity contribution in [2.45, 2.75) is 144 Å². The molecule has 3 unspecified atom stereocenters. The second-order valence-corrected chi connectivity index (χ2v) is 15.3. The number of aliphatic hydroxyl groups excluding tert-OH is 4. The Morgan fingerprint density at radius 3 is 1.38 bits per heavy atom. The predicted octanol–water partition coefficient (Wildman–Crippen LogP) is 11.3. The SMILES string of the molecule is CC(CCCCCCCCCCCC(F)(F)C(F)(F)C(F)(F)C(F)(F)C(F)(F)C(F)(F)C(F)(F)C(F)(F)F)Cc1cc(-c2ccc(OCC(O)CO)cc2)ccc1OCC(O)CO. The highest BCUT2D eigenvalue weighted by atomic mass is 19.4. The van der Waals surface area contributed by atoms with E-state index in [9.17, 15) is 90.0 Å². The van der Waals surface area contributed by atoms with Gasteiger partial charge in [-0.25, -0.2) is 0 Å². The molecule has 0 aliphatic rings. The molecule has 0 heterocycles. The summed E-state index contributed by atoms with van der Waals surface area (Å²) in [5.74, 6) is -55.0. The highest BCUT2D eigenvalue weighted by Gasteiger charge is 2.95. The van der Waals surface area contributed by atoms with Gasteiger partial charge in [-0.2, -0.15) is 74.6 Å². The maximum atomic E-state index is 14.1. The zero-order valence-corrected chi connectivity index (χ0v) is 33.6. The van der Waals surface area contributed by atoms with Gasteiger partial charge in [0.2, 0.25) is 0 Å². The zero-order valence-electron chi connectivity index (χ0n) is 33.6. The number of unbranched alkanes of at least 4 members (excludes halogenated alkanes) is 8. The fourth-order valence-corrected chi connectivity index (χ4v) is 6.19. The van der Waals surface area contributed by atoms with Crippen LogP contribution in [0.3, 0.4) is 0 Å². The summed E-state index contributed by atoms with van der Waals surface area (Å²) in [5, 5.41) is 37.4. The first-order valence-corrected chi connectivity index (χ1v) is 19.6. The average molecular weight is 949 g/mol. The first-order chi connectivity index (χ1) is 28.9. The van der Waals surface area contributed by atoms with E-state index in [1.807, 2.05) is 19.1 Å². The van der Waals surface area contributed by atoms with Crippen molar-refractivity contribution >= 4 is 0 Å². The van der Waals surface area contributed by atoms with Crippen molar-refractivity contribution in [3.63, 3.8) is 0 Å². The van der Waals surface area contributed by atoms with Gasteiger partial charge in [0.25, 0.3) is 0 Å². The molecule has 2 aromatic rings. The Bertz CT molecular complexity index is 1670. The van der Waals surface area contributed by atoms with Crippen LogP contribution in [0.25, 0.3) is 11.1 Å². The Labute approximate surface area is 351 Å². The first kappa shape index (κ1) is 55.8. The molecule has 0 amide bonds. The molecule has 6 nitrogen and oxygen atoms in total. The number of alkyl halides is 17. The lowest BCUT2D eigenvalue weighted by atomic mass is 9.87. The molecule has 0 fully saturated rings. The van der Waals surface area contributed by atoms with E-state index < -0.39 is 92.3 Å². The van der Waals surface area contributed by atoms with Gasteiger partial charge >= 0.3 is 47.6 Å². The summed E-state index contributed by atoms with van der Waals surface area (Å²) >= 11 is 0. The molecule has 63 heavy (non-hydrogen) atoms. The minimum absolute atomic E-state index is 0.00748. The summed E-state index contributed by atoms with van der Waals surface area (Å²) in [4.78, 5) is 0. The van der Waals surface area contributed by atoms with E-state index in [-0.39, 0.29) is 32.0 Å². The van der Waals surface area contributed by atoms with Crippen LogP contribution < -0.4 is 9.47 Å². The van der Waals surface area contributed by atoms with E-state index in [4.69, 9.17) is 14.6 Å². The number of ether oxygens (including phenoxy) is 2. The number of benzene rings is 2. The lowest BCUT2D eigenvalue weighted by Gasteiger charge is -2.42. The van der Waals surface area contributed by atoms with Crippen molar-refractivity contribution in [3.05, 3.63) is 48.0 Å². The topological polar surface area (TPSA) is 99.4 Å². The quantitative estimate of drug-likeness (QED) is 0.0479. The van der Waals surface area contributed by atoms with Gasteiger partial charge in [-0.3, -0.25) is 0 Å². The number of hydrogen-bond acceptors (Lipinski definition) is 6. The summed E-state index contributed by atoms with van der Waals surface area (Å²) in [7, 11) is 0. The highest BCUT2D eigenvalue weighted by molar-refractivity contribution is 5.66.